The molecular weight excluding hydrogens is 348 g/mol. The summed E-state index contributed by atoms with van der Waals surface area (Å²) >= 11 is 3.21. The minimum Gasteiger partial charge on any atom is -0.507 e. The van der Waals surface area contributed by atoms with Gasteiger partial charge in [0.05, 0.1) is 10.7 Å². The molecular formula is C16H11BrN2O3. The molecule has 0 saturated heterocycles. The molecule has 22 heavy (non-hydrogen) atoms. The van der Waals surface area contributed by atoms with Crippen molar-refractivity contribution in [2.75, 3.05) is 0 Å². The lowest BCUT2D eigenvalue weighted by molar-refractivity contribution is 0.0929. The highest BCUT2D eigenvalue weighted by Gasteiger charge is 2.10. The summed E-state index contributed by atoms with van der Waals surface area (Å²) in [6, 6.07) is 13.9. The van der Waals surface area contributed by atoms with Crippen molar-refractivity contribution < 1.29 is 14.3 Å². The summed E-state index contributed by atoms with van der Waals surface area (Å²) in [5.41, 5.74) is 3.78. The highest BCUT2D eigenvalue weighted by atomic mass is 79.9. The zero-order valence-electron chi connectivity index (χ0n) is 11.3. The zero-order chi connectivity index (χ0) is 15.5. The van der Waals surface area contributed by atoms with E-state index in [0.29, 0.717) is 10.1 Å². The summed E-state index contributed by atoms with van der Waals surface area (Å²) in [5, 5.41) is 14.1. The van der Waals surface area contributed by atoms with Crippen LogP contribution in [0.5, 0.6) is 5.75 Å². The number of hydrazone groups is 1. The number of fused-ring (bicyclic) bond motifs is 1. The smallest absolute Gasteiger partial charge is 0.307 e. The van der Waals surface area contributed by atoms with Crippen LogP contribution in [0.1, 0.15) is 16.1 Å². The molecule has 6 heteroatoms. The number of halogens is 1. The largest absolute Gasteiger partial charge is 0.507 e. The number of aromatic hydroxyl groups is 1. The number of rotatable bonds is 3. The lowest BCUT2D eigenvalue weighted by Crippen LogP contribution is -2.16. The summed E-state index contributed by atoms with van der Waals surface area (Å²) in [4.78, 5) is 12.0. The fourth-order valence-electron chi connectivity index (χ4n) is 1.92. The molecule has 3 rings (SSSR count). The summed E-state index contributed by atoms with van der Waals surface area (Å²) in [6.45, 7) is 0. The second kappa shape index (κ2) is 6.03. The van der Waals surface area contributed by atoms with E-state index in [1.54, 1.807) is 24.3 Å². The van der Waals surface area contributed by atoms with Crippen molar-refractivity contribution in [1.29, 1.82) is 0 Å². The number of benzene rings is 2. The van der Waals surface area contributed by atoms with Gasteiger partial charge in [-0.05, 0) is 51.8 Å². The van der Waals surface area contributed by atoms with Crippen LogP contribution in [0.25, 0.3) is 11.0 Å². The van der Waals surface area contributed by atoms with Gasteiger partial charge in [0, 0.05) is 5.39 Å². The van der Waals surface area contributed by atoms with Gasteiger partial charge < -0.3 is 9.52 Å². The molecule has 2 aromatic carbocycles. The first-order valence-electron chi connectivity index (χ1n) is 6.44. The molecule has 0 aliphatic heterocycles. The normalized spacial score (nSPS) is 11.1. The van der Waals surface area contributed by atoms with Gasteiger partial charge >= 0.3 is 5.91 Å². The third-order valence-electron chi connectivity index (χ3n) is 3.00. The van der Waals surface area contributed by atoms with E-state index in [1.165, 1.54) is 12.3 Å². The standard InChI is InChI=1S/C16H11BrN2O3/c17-12-7-10(5-6-13(12)20)9-18-19-16(21)15-8-11-3-1-2-4-14(11)22-15/h1-9,20H,(H,19,21)/b18-9+. The van der Waals surface area contributed by atoms with Gasteiger partial charge in [0.2, 0.25) is 0 Å². The van der Waals surface area contributed by atoms with Crippen molar-refractivity contribution >= 4 is 39.0 Å². The van der Waals surface area contributed by atoms with Crippen molar-refractivity contribution in [2.24, 2.45) is 5.10 Å². The first kappa shape index (κ1) is 14.3. The molecule has 1 aromatic heterocycles. The molecule has 5 nitrogen and oxygen atoms in total. The molecule has 1 amide bonds. The fourth-order valence-corrected chi connectivity index (χ4v) is 2.31. The first-order chi connectivity index (χ1) is 10.6. The van der Waals surface area contributed by atoms with Crippen molar-refractivity contribution in [2.45, 2.75) is 0 Å². The van der Waals surface area contributed by atoms with Gasteiger partial charge in [-0.3, -0.25) is 4.79 Å². The number of carbonyl (C=O) groups is 1. The molecule has 3 aromatic rings. The molecule has 0 aliphatic rings. The van der Waals surface area contributed by atoms with E-state index in [9.17, 15) is 9.90 Å². The Morgan fingerprint density at radius 3 is 2.82 bits per heavy atom. The number of para-hydroxylation sites is 1. The topological polar surface area (TPSA) is 74.8 Å². The van der Waals surface area contributed by atoms with E-state index < -0.39 is 5.91 Å². The first-order valence-corrected chi connectivity index (χ1v) is 7.23. The number of nitrogens with zero attached hydrogens (tertiary/aromatic N) is 1. The maximum absolute atomic E-state index is 12.0. The maximum atomic E-state index is 12.0. The number of nitrogens with one attached hydrogen (secondary N) is 1. The Morgan fingerprint density at radius 2 is 2.05 bits per heavy atom. The lowest BCUT2D eigenvalue weighted by atomic mass is 10.2. The maximum Gasteiger partial charge on any atom is 0.307 e. The number of amides is 1. The third kappa shape index (κ3) is 3.01. The molecule has 110 valence electrons. The van der Waals surface area contributed by atoms with Crippen LogP contribution in [0.3, 0.4) is 0 Å². The fraction of sp³-hybridized carbons (Fsp3) is 0. The van der Waals surface area contributed by atoms with Gasteiger partial charge in [0.25, 0.3) is 0 Å². The number of furan rings is 1. The minimum atomic E-state index is -0.426. The predicted octanol–water partition coefficient (Wildman–Crippen LogP) is 3.66. The van der Waals surface area contributed by atoms with Crippen molar-refractivity contribution in [3.63, 3.8) is 0 Å². The highest BCUT2D eigenvalue weighted by molar-refractivity contribution is 9.10. The summed E-state index contributed by atoms with van der Waals surface area (Å²) in [7, 11) is 0. The number of hydrogen-bond donors (Lipinski definition) is 2. The second-order valence-corrected chi connectivity index (χ2v) is 5.41. The van der Waals surface area contributed by atoms with Crippen LogP contribution in [-0.4, -0.2) is 17.2 Å². The molecule has 0 atom stereocenters. The predicted molar refractivity (Wildman–Crippen MR) is 87.1 cm³/mol. The number of hydrogen-bond acceptors (Lipinski definition) is 4. The van der Waals surface area contributed by atoms with Crippen LogP contribution in [0.15, 0.2) is 62.5 Å². The van der Waals surface area contributed by atoms with E-state index >= 15 is 0 Å². The Kier molecular flexibility index (Phi) is 3.93. The van der Waals surface area contributed by atoms with Gasteiger partial charge in [-0.25, -0.2) is 5.43 Å². The Balaban J connectivity index is 1.71. The quantitative estimate of drug-likeness (QED) is 0.554. The Labute approximate surface area is 134 Å². The van der Waals surface area contributed by atoms with Crippen LogP contribution in [0.2, 0.25) is 0 Å². The van der Waals surface area contributed by atoms with E-state index in [-0.39, 0.29) is 11.5 Å². The van der Waals surface area contributed by atoms with Crippen LogP contribution in [0.4, 0.5) is 0 Å². The van der Waals surface area contributed by atoms with Gasteiger partial charge in [-0.1, -0.05) is 18.2 Å². The number of carbonyl (C=O) groups excluding carboxylic acids is 1. The molecule has 0 radical (unpaired) electrons. The molecule has 2 N–H and O–H groups in total. The molecule has 0 unspecified atom stereocenters. The lowest BCUT2D eigenvalue weighted by Gasteiger charge is -1.98. The SMILES string of the molecule is O=C(N/N=C/c1ccc(O)c(Br)c1)c1cc2ccccc2o1. The number of phenols is 1. The zero-order valence-corrected chi connectivity index (χ0v) is 12.9. The molecule has 0 aliphatic carbocycles. The van der Waals surface area contributed by atoms with Crippen molar-refractivity contribution in [3.05, 3.63) is 64.3 Å². The second-order valence-electron chi connectivity index (χ2n) is 4.56. The van der Waals surface area contributed by atoms with Crippen LogP contribution in [0, 0.1) is 0 Å². The van der Waals surface area contributed by atoms with Gasteiger partial charge in [0.15, 0.2) is 5.76 Å². The van der Waals surface area contributed by atoms with Gasteiger partial charge in [-0.2, -0.15) is 5.10 Å². The monoisotopic (exact) mass is 358 g/mol. The molecule has 0 fully saturated rings. The van der Waals surface area contributed by atoms with E-state index in [0.717, 1.165) is 10.9 Å². The Bertz CT molecular complexity index is 838. The average molecular weight is 359 g/mol. The Hall–Kier alpha value is -2.60. The molecule has 0 bridgehead atoms. The Morgan fingerprint density at radius 1 is 1.23 bits per heavy atom. The third-order valence-corrected chi connectivity index (χ3v) is 3.64. The van der Waals surface area contributed by atoms with E-state index in [2.05, 4.69) is 26.5 Å². The van der Waals surface area contributed by atoms with Crippen LogP contribution in [-0.2, 0) is 0 Å². The summed E-state index contributed by atoms with van der Waals surface area (Å²) in [5.74, 6) is -0.0843. The van der Waals surface area contributed by atoms with Gasteiger partial charge in [-0.15, -0.1) is 0 Å². The van der Waals surface area contributed by atoms with Gasteiger partial charge in [0.1, 0.15) is 11.3 Å². The summed E-state index contributed by atoms with van der Waals surface area (Å²) in [6.07, 6.45) is 1.48. The van der Waals surface area contributed by atoms with E-state index in [4.69, 9.17) is 4.42 Å². The molecule has 0 saturated carbocycles. The van der Waals surface area contributed by atoms with Crippen LogP contribution < -0.4 is 5.43 Å². The molecule has 0 spiro atoms. The van der Waals surface area contributed by atoms with Crippen molar-refractivity contribution in [3.8, 4) is 5.75 Å². The summed E-state index contributed by atoms with van der Waals surface area (Å²) < 4.78 is 6.00. The van der Waals surface area contributed by atoms with E-state index in [1.807, 2.05) is 18.2 Å². The minimum absolute atomic E-state index is 0.142. The highest BCUT2D eigenvalue weighted by Crippen LogP contribution is 2.23. The van der Waals surface area contributed by atoms with Crippen LogP contribution >= 0.6 is 15.9 Å². The van der Waals surface area contributed by atoms with Crippen molar-refractivity contribution in [1.82, 2.24) is 5.43 Å². The average Bonchev–Trinajstić information content (AvgIpc) is 2.95. The molecule has 1 heterocycles. The number of phenolic OH excluding ortho intramolecular Hbond substituents is 1.